The van der Waals surface area contributed by atoms with Crippen LogP contribution in [0.5, 0.6) is 0 Å². The fraction of sp³-hybridized carbons (Fsp3) is 0.720. The molecule has 166 valence electrons. The van der Waals surface area contributed by atoms with Crippen LogP contribution in [0.15, 0.2) is 29.2 Å². The minimum Gasteiger partial charge on any atom is -0.263 e. The molecular weight excluding hydrogens is 394 g/mol. The van der Waals surface area contributed by atoms with E-state index in [1.807, 2.05) is 6.92 Å². The highest BCUT2D eigenvalue weighted by Gasteiger charge is 2.57. The molecule has 0 aromatic heterocycles. The second-order valence-corrected chi connectivity index (χ2v) is 11.6. The molecule has 0 aliphatic heterocycles. The van der Waals surface area contributed by atoms with Gasteiger partial charge in [-0.15, -0.1) is 0 Å². The highest BCUT2D eigenvalue weighted by atomic mass is 32.2. The third-order valence-electron chi connectivity index (χ3n) is 7.54. The van der Waals surface area contributed by atoms with Gasteiger partial charge in [-0.05, 0) is 68.9 Å². The molecule has 0 spiro atoms. The Hall–Kier alpha value is -1.38. The molecule has 2 fully saturated rings. The van der Waals surface area contributed by atoms with E-state index in [1.54, 1.807) is 24.3 Å². The van der Waals surface area contributed by atoms with Crippen molar-refractivity contribution in [1.82, 2.24) is 0 Å². The molecule has 2 aliphatic rings. The van der Waals surface area contributed by atoms with E-state index in [9.17, 15) is 13.7 Å². The van der Waals surface area contributed by atoms with Crippen LogP contribution in [0.1, 0.15) is 77.7 Å². The summed E-state index contributed by atoms with van der Waals surface area (Å²) in [6.45, 7) is 8.73. The van der Waals surface area contributed by atoms with Crippen LogP contribution in [-0.4, -0.2) is 14.5 Å². The normalized spacial score (nSPS) is 30.1. The Morgan fingerprint density at radius 3 is 2.47 bits per heavy atom. The summed E-state index contributed by atoms with van der Waals surface area (Å²) < 4.78 is 31.6. The van der Waals surface area contributed by atoms with Gasteiger partial charge >= 0.3 is 0 Å². The van der Waals surface area contributed by atoms with Crippen molar-refractivity contribution in [2.45, 2.75) is 90.1 Å². The first-order valence-electron chi connectivity index (χ1n) is 11.6. The fourth-order valence-electron chi connectivity index (χ4n) is 5.94. The number of rotatable bonds is 8. The molecular formula is C25H37NO3S. The molecule has 4 nitrogen and oxygen atoms in total. The molecule has 3 rings (SSSR count). The molecule has 0 N–H and O–H groups in total. The third-order valence-corrected chi connectivity index (χ3v) is 8.89. The van der Waals surface area contributed by atoms with E-state index in [0.29, 0.717) is 24.2 Å². The largest absolute Gasteiger partial charge is 0.297 e. The van der Waals surface area contributed by atoms with Gasteiger partial charge in [0.2, 0.25) is 0 Å². The van der Waals surface area contributed by atoms with Gasteiger partial charge in [0, 0.05) is 5.92 Å². The number of benzene rings is 1. The van der Waals surface area contributed by atoms with E-state index < -0.39 is 21.6 Å². The van der Waals surface area contributed by atoms with Gasteiger partial charge in [-0.1, -0.05) is 57.7 Å². The Bertz CT molecular complexity index is 855. The lowest BCUT2D eigenvalue weighted by Gasteiger charge is -2.43. The second kappa shape index (κ2) is 9.40. The topological polar surface area (TPSA) is 67.2 Å². The minimum atomic E-state index is -3.82. The molecule has 5 atom stereocenters. The summed E-state index contributed by atoms with van der Waals surface area (Å²) in [4.78, 5) is 0.206. The van der Waals surface area contributed by atoms with Crippen LogP contribution < -0.4 is 0 Å². The second-order valence-electron chi connectivity index (χ2n) is 10.0. The summed E-state index contributed by atoms with van der Waals surface area (Å²) in [6.07, 6.45) is 7.51. The van der Waals surface area contributed by atoms with Crippen molar-refractivity contribution in [2.75, 3.05) is 0 Å². The summed E-state index contributed by atoms with van der Waals surface area (Å²) in [5.74, 6) is 1.54. The van der Waals surface area contributed by atoms with Gasteiger partial charge in [-0.2, -0.15) is 13.7 Å². The Kier molecular flexibility index (Phi) is 7.30. The van der Waals surface area contributed by atoms with Crippen molar-refractivity contribution >= 4 is 10.1 Å². The van der Waals surface area contributed by atoms with Crippen molar-refractivity contribution in [3.63, 3.8) is 0 Å². The molecule has 30 heavy (non-hydrogen) atoms. The van der Waals surface area contributed by atoms with Crippen molar-refractivity contribution in [3.05, 3.63) is 29.8 Å². The molecule has 1 aromatic rings. The van der Waals surface area contributed by atoms with Crippen LogP contribution in [0.2, 0.25) is 0 Å². The van der Waals surface area contributed by atoms with Gasteiger partial charge in [-0.25, -0.2) is 0 Å². The zero-order valence-electron chi connectivity index (χ0n) is 18.9. The van der Waals surface area contributed by atoms with E-state index in [1.165, 1.54) is 12.8 Å². The van der Waals surface area contributed by atoms with Gasteiger partial charge in [0.05, 0.1) is 22.5 Å². The van der Waals surface area contributed by atoms with Gasteiger partial charge in [0.1, 0.15) is 0 Å². The molecule has 0 bridgehead atoms. The average Bonchev–Trinajstić information content (AvgIpc) is 3.09. The zero-order valence-corrected chi connectivity index (χ0v) is 19.7. The van der Waals surface area contributed by atoms with Crippen molar-refractivity contribution in [1.29, 1.82) is 5.26 Å². The molecule has 0 saturated heterocycles. The number of hydrogen-bond acceptors (Lipinski definition) is 4. The third kappa shape index (κ3) is 4.75. The Balaban J connectivity index is 1.76. The molecule has 2 aliphatic carbocycles. The van der Waals surface area contributed by atoms with E-state index in [2.05, 4.69) is 26.8 Å². The monoisotopic (exact) mass is 431 g/mol. The summed E-state index contributed by atoms with van der Waals surface area (Å²) in [5, 5.41) is 10.3. The number of nitriles is 1. The van der Waals surface area contributed by atoms with Gasteiger partial charge in [0.15, 0.2) is 0 Å². The van der Waals surface area contributed by atoms with Gasteiger partial charge in [0.25, 0.3) is 10.1 Å². The first-order valence-corrected chi connectivity index (χ1v) is 13.0. The van der Waals surface area contributed by atoms with Crippen LogP contribution in [0.3, 0.4) is 0 Å². The fourth-order valence-corrected chi connectivity index (χ4v) is 7.07. The predicted octanol–water partition coefficient (Wildman–Crippen LogP) is 6.25. The lowest BCUT2D eigenvalue weighted by Crippen LogP contribution is -2.44. The van der Waals surface area contributed by atoms with E-state index in [4.69, 9.17) is 4.18 Å². The summed E-state index contributed by atoms with van der Waals surface area (Å²) in [5.41, 5.74) is 0.573. The average molecular weight is 432 g/mol. The summed E-state index contributed by atoms with van der Waals surface area (Å²) in [6, 6.07) is 9.50. The van der Waals surface area contributed by atoms with Crippen LogP contribution in [0.25, 0.3) is 0 Å². The quantitative estimate of drug-likeness (QED) is 0.456. The van der Waals surface area contributed by atoms with Crippen LogP contribution in [0.4, 0.5) is 0 Å². The maximum absolute atomic E-state index is 12.9. The van der Waals surface area contributed by atoms with Gasteiger partial charge in [-0.3, -0.25) is 4.18 Å². The Labute approximate surface area is 183 Å². The molecule has 0 amide bonds. The first kappa shape index (κ1) is 23.3. The van der Waals surface area contributed by atoms with Gasteiger partial charge < -0.3 is 0 Å². The molecule has 0 heterocycles. The molecule has 0 radical (unpaired) electrons. The van der Waals surface area contributed by atoms with E-state index in [-0.39, 0.29) is 10.8 Å². The van der Waals surface area contributed by atoms with Crippen molar-refractivity contribution < 1.29 is 12.6 Å². The van der Waals surface area contributed by atoms with Crippen LogP contribution in [-0.2, 0) is 14.3 Å². The maximum atomic E-state index is 12.9. The molecule has 1 aromatic carbocycles. The van der Waals surface area contributed by atoms with E-state index in [0.717, 1.165) is 37.7 Å². The van der Waals surface area contributed by atoms with Crippen molar-refractivity contribution in [3.8, 4) is 6.07 Å². The highest BCUT2D eigenvalue weighted by molar-refractivity contribution is 7.86. The Morgan fingerprint density at radius 1 is 1.13 bits per heavy atom. The number of hydrogen-bond donors (Lipinski definition) is 0. The van der Waals surface area contributed by atoms with E-state index >= 15 is 0 Å². The lowest BCUT2D eigenvalue weighted by atomic mass is 9.61. The van der Waals surface area contributed by atoms with Crippen LogP contribution >= 0.6 is 0 Å². The number of nitrogens with zero attached hydrogens (tertiary/aromatic N) is 1. The molecule has 5 heteroatoms. The highest BCUT2D eigenvalue weighted by Crippen LogP contribution is 2.59. The maximum Gasteiger partial charge on any atom is 0.297 e. The summed E-state index contributed by atoms with van der Waals surface area (Å²) >= 11 is 0. The zero-order chi connectivity index (χ0) is 21.9. The minimum absolute atomic E-state index is 0.00835. The smallest absolute Gasteiger partial charge is 0.263 e. The Morgan fingerprint density at radius 2 is 1.83 bits per heavy atom. The summed E-state index contributed by atoms with van der Waals surface area (Å²) in [7, 11) is -3.82. The number of fused-ring (bicyclic) bond motifs is 1. The predicted molar refractivity (Wildman–Crippen MR) is 119 cm³/mol. The molecule has 2 unspecified atom stereocenters. The SMILES string of the molecule is Cc1ccc(S(=O)(=O)OC2CCCC3(C#N)[C@@H]([C@@H](C)CCCC(C)C)CC[C@@H]23)cc1. The first-order chi connectivity index (χ1) is 14.2. The van der Waals surface area contributed by atoms with Crippen molar-refractivity contribution in [2.24, 2.45) is 29.1 Å². The number of aryl methyl sites for hydroxylation is 1. The van der Waals surface area contributed by atoms with Crippen LogP contribution in [0, 0.1) is 47.3 Å². The standard InChI is InChI=1S/C25H37NO3S/c1-18(2)7-5-8-20(4)22-14-15-23-24(9-6-16-25(22,23)17-26)29-30(27,28)21-12-10-19(3)11-13-21/h10-13,18,20,22-24H,5-9,14-16H2,1-4H3/t20-,22+,23-,24?,25?/m0/s1. The lowest BCUT2D eigenvalue weighted by molar-refractivity contribution is 0.0124. The molecule has 2 saturated carbocycles.